The number of unbranched alkanes of at least 4 members (excludes halogenated alkanes) is 1. The van der Waals surface area contributed by atoms with Gasteiger partial charge in [0.25, 0.3) is 0 Å². The maximum atomic E-state index is 4.13. The number of nitrogens with one attached hydrogen (secondary N) is 1. The highest BCUT2D eigenvalue weighted by Gasteiger charge is 1.99. The Labute approximate surface area is 105 Å². The van der Waals surface area contributed by atoms with Crippen molar-refractivity contribution in [3.8, 4) is 0 Å². The van der Waals surface area contributed by atoms with E-state index in [1.807, 2.05) is 18.5 Å². The molecule has 0 aliphatic heterocycles. The SMILES string of the molecule is CCCNCCCCN(C)Cc1cccnc1. The first kappa shape index (κ1) is 14.1. The molecule has 1 aromatic heterocycles. The van der Waals surface area contributed by atoms with Gasteiger partial charge in [0.15, 0.2) is 0 Å². The molecule has 1 N–H and O–H groups in total. The predicted molar refractivity (Wildman–Crippen MR) is 73.0 cm³/mol. The first-order valence-corrected chi connectivity index (χ1v) is 6.61. The summed E-state index contributed by atoms with van der Waals surface area (Å²) in [6.07, 6.45) is 7.51. The van der Waals surface area contributed by atoms with E-state index in [4.69, 9.17) is 0 Å². The molecule has 0 fully saturated rings. The summed E-state index contributed by atoms with van der Waals surface area (Å²) in [5.41, 5.74) is 1.29. The third-order valence-corrected chi connectivity index (χ3v) is 2.75. The average Bonchev–Trinajstić information content (AvgIpc) is 2.35. The molecule has 1 heterocycles. The molecule has 0 aliphatic carbocycles. The van der Waals surface area contributed by atoms with E-state index in [1.54, 1.807) is 0 Å². The number of rotatable bonds is 9. The Kier molecular flexibility index (Phi) is 7.60. The molecule has 0 unspecified atom stereocenters. The molecule has 1 aromatic rings. The Bertz CT molecular complexity index is 274. The van der Waals surface area contributed by atoms with Crippen LogP contribution >= 0.6 is 0 Å². The minimum absolute atomic E-state index is 0.996. The van der Waals surface area contributed by atoms with Crippen molar-refractivity contribution in [2.75, 3.05) is 26.7 Å². The summed E-state index contributed by atoms with van der Waals surface area (Å²) in [6, 6.07) is 4.13. The van der Waals surface area contributed by atoms with Gasteiger partial charge >= 0.3 is 0 Å². The molecular weight excluding hydrogens is 210 g/mol. The van der Waals surface area contributed by atoms with Crippen molar-refractivity contribution in [3.05, 3.63) is 30.1 Å². The van der Waals surface area contributed by atoms with Crippen LogP contribution in [0.5, 0.6) is 0 Å². The average molecular weight is 235 g/mol. The molecule has 17 heavy (non-hydrogen) atoms. The Morgan fingerprint density at radius 1 is 1.29 bits per heavy atom. The summed E-state index contributed by atoms with van der Waals surface area (Å²) in [5.74, 6) is 0. The van der Waals surface area contributed by atoms with Gasteiger partial charge in [-0.05, 0) is 57.6 Å². The highest BCUT2D eigenvalue weighted by Crippen LogP contribution is 2.01. The smallest absolute Gasteiger partial charge is 0.0312 e. The van der Waals surface area contributed by atoms with Crippen LogP contribution in [0.15, 0.2) is 24.5 Å². The van der Waals surface area contributed by atoms with Crippen molar-refractivity contribution >= 4 is 0 Å². The van der Waals surface area contributed by atoms with Gasteiger partial charge in [-0.25, -0.2) is 0 Å². The van der Waals surface area contributed by atoms with Crippen LogP contribution in [0, 0.1) is 0 Å². The molecule has 0 saturated heterocycles. The van der Waals surface area contributed by atoms with Gasteiger partial charge in [-0.2, -0.15) is 0 Å². The molecular formula is C14H25N3. The Morgan fingerprint density at radius 3 is 2.88 bits per heavy atom. The first-order valence-electron chi connectivity index (χ1n) is 6.61. The summed E-state index contributed by atoms with van der Waals surface area (Å²) in [4.78, 5) is 6.49. The standard InChI is InChI=1S/C14H25N3/c1-3-8-15-9-4-5-11-17(2)13-14-7-6-10-16-12-14/h6-7,10,12,15H,3-5,8-9,11,13H2,1-2H3. The fourth-order valence-electron chi connectivity index (χ4n) is 1.82. The molecule has 3 nitrogen and oxygen atoms in total. The lowest BCUT2D eigenvalue weighted by atomic mass is 10.2. The summed E-state index contributed by atoms with van der Waals surface area (Å²) >= 11 is 0. The number of aromatic nitrogens is 1. The Balaban J connectivity index is 2.03. The van der Waals surface area contributed by atoms with Gasteiger partial charge in [-0.1, -0.05) is 13.0 Å². The van der Waals surface area contributed by atoms with E-state index in [0.29, 0.717) is 0 Å². The van der Waals surface area contributed by atoms with Gasteiger partial charge in [-0.15, -0.1) is 0 Å². The summed E-state index contributed by atoms with van der Waals surface area (Å²) in [5, 5.41) is 3.43. The number of hydrogen-bond donors (Lipinski definition) is 1. The molecule has 96 valence electrons. The predicted octanol–water partition coefficient (Wildman–Crippen LogP) is 2.29. The van der Waals surface area contributed by atoms with Gasteiger partial charge in [0.1, 0.15) is 0 Å². The Morgan fingerprint density at radius 2 is 2.18 bits per heavy atom. The molecule has 0 bridgehead atoms. The molecule has 0 atom stereocenters. The van der Waals surface area contributed by atoms with Crippen molar-refractivity contribution in [1.29, 1.82) is 0 Å². The second-order valence-electron chi connectivity index (χ2n) is 4.56. The second-order valence-corrected chi connectivity index (χ2v) is 4.56. The monoisotopic (exact) mass is 235 g/mol. The van der Waals surface area contributed by atoms with Gasteiger partial charge in [0, 0.05) is 18.9 Å². The van der Waals surface area contributed by atoms with Crippen LogP contribution in [0.1, 0.15) is 31.7 Å². The summed E-state index contributed by atoms with van der Waals surface area (Å²) < 4.78 is 0. The lowest BCUT2D eigenvalue weighted by Crippen LogP contribution is -2.21. The van der Waals surface area contributed by atoms with Crippen molar-refractivity contribution in [2.24, 2.45) is 0 Å². The number of pyridine rings is 1. The van der Waals surface area contributed by atoms with E-state index in [1.165, 1.54) is 24.8 Å². The molecule has 0 spiro atoms. The maximum absolute atomic E-state index is 4.13. The zero-order chi connectivity index (χ0) is 12.3. The highest BCUT2D eigenvalue weighted by atomic mass is 15.1. The fraction of sp³-hybridized carbons (Fsp3) is 0.643. The molecule has 1 rings (SSSR count). The summed E-state index contributed by atoms with van der Waals surface area (Å²) in [6.45, 7) is 6.65. The lowest BCUT2D eigenvalue weighted by molar-refractivity contribution is 0.317. The molecule has 3 heteroatoms. The van der Waals surface area contributed by atoms with E-state index in [9.17, 15) is 0 Å². The van der Waals surface area contributed by atoms with Gasteiger partial charge in [0.05, 0.1) is 0 Å². The number of hydrogen-bond acceptors (Lipinski definition) is 3. The number of nitrogens with zero attached hydrogens (tertiary/aromatic N) is 2. The zero-order valence-corrected chi connectivity index (χ0v) is 11.2. The van der Waals surface area contributed by atoms with Gasteiger partial charge in [0.2, 0.25) is 0 Å². The van der Waals surface area contributed by atoms with Crippen molar-refractivity contribution in [3.63, 3.8) is 0 Å². The third kappa shape index (κ3) is 7.08. The van der Waals surface area contributed by atoms with Crippen LogP contribution in [-0.2, 0) is 6.54 Å². The summed E-state index contributed by atoms with van der Waals surface area (Å²) in [7, 11) is 2.17. The molecule has 0 radical (unpaired) electrons. The molecule has 0 aliphatic rings. The van der Waals surface area contributed by atoms with Crippen LogP contribution in [0.4, 0.5) is 0 Å². The normalized spacial score (nSPS) is 11.0. The van der Waals surface area contributed by atoms with Crippen LogP contribution in [0.3, 0.4) is 0 Å². The molecule has 0 aromatic carbocycles. The van der Waals surface area contributed by atoms with E-state index in [-0.39, 0.29) is 0 Å². The maximum Gasteiger partial charge on any atom is 0.0312 e. The molecule has 0 saturated carbocycles. The molecule has 0 amide bonds. The van der Waals surface area contributed by atoms with Crippen LogP contribution in [-0.4, -0.2) is 36.6 Å². The van der Waals surface area contributed by atoms with Crippen molar-refractivity contribution < 1.29 is 0 Å². The van der Waals surface area contributed by atoms with Gasteiger partial charge < -0.3 is 10.2 Å². The van der Waals surface area contributed by atoms with Gasteiger partial charge in [-0.3, -0.25) is 4.98 Å². The largest absolute Gasteiger partial charge is 0.317 e. The lowest BCUT2D eigenvalue weighted by Gasteiger charge is -2.16. The minimum atomic E-state index is 0.996. The van der Waals surface area contributed by atoms with Crippen molar-refractivity contribution in [1.82, 2.24) is 15.2 Å². The zero-order valence-electron chi connectivity index (χ0n) is 11.2. The highest BCUT2D eigenvalue weighted by molar-refractivity contribution is 5.07. The van der Waals surface area contributed by atoms with Crippen LogP contribution < -0.4 is 5.32 Å². The van der Waals surface area contributed by atoms with E-state index < -0.39 is 0 Å². The van der Waals surface area contributed by atoms with Crippen LogP contribution in [0.2, 0.25) is 0 Å². The first-order chi connectivity index (χ1) is 8.33. The Hall–Kier alpha value is -0.930. The van der Waals surface area contributed by atoms with E-state index in [2.05, 4.69) is 35.2 Å². The van der Waals surface area contributed by atoms with Crippen LogP contribution in [0.25, 0.3) is 0 Å². The quantitative estimate of drug-likeness (QED) is 0.666. The second kappa shape index (κ2) is 9.14. The third-order valence-electron chi connectivity index (χ3n) is 2.75. The van der Waals surface area contributed by atoms with E-state index in [0.717, 1.165) is 26.2 Å². The topological polar surface area (TPSA) is 28.2 Å². The fourth-order valence-corrected chi connectivity index (χ4v) is 1.82. The minimum Gasteiger partial charge on any atom is -0.317 e. The van der Waals surface area contributed by atoms with Crippen molar-refractivity contribution in [2.45, 2.75) is 32.7 Å². The van der Waals surface area contributed by atoms with E-state index >= 15 is 0 Å².